The van der Waals surface area contributed by atoms with E-state index in [0.29, 0.717) is 57.5 Å². The van der Waals surface area contributed by atoms with Gasteiger partial charge in [0.2, 0.25) is 0 Å². The van der Waals surface area contributed by atoms with Crippen LogP contribution in [0.15, 0.2) is 36.5 Å². The largest absolute Gasteiger partial charge is 0.366 e. The summed E-state index contributed by atoms with van der Waals surface area (Å²) in [5.74, 6) is 1.60. The van der Waals surface area contributed by atoms with E-state index in [2.05, 4.69) is 23.3 Å². The van der Waals surface area contributed by atoms with E-state index < -0.39 is 11.6 Å². The molecule has 7 heteroatoms. The Morgan fingerprint density at radius 2 is 1.82 bits per heavy atom. The molecule has 3 aliphatic carbocycles. The van der Waals surface area contributed by atoms with E-state index >= 15 is 0 Å². The molecular formula is C26H23F2N5. The molecule has 2 heterocycles. The van der Waals surface area contributed by atoms with Crippen molar-refractivity contribution in [2.75, 3.05) is 5.32 Å². The molecule has 166 valence electrons. The molecule has 7 rings (SSSR count). The number of H-pyrrole nitrogens is 1. The summed E-state index contributed by atoms with van der Waals surface area (Å²) in [4.78, 5) is 12.4. The second-order valence-electron chi connectivity index (χ2n) is 9.46. The Kier molecular flexibility index (Phi) is 4.58. The van der Waals surface area contributed by atoms with E-state index in [9.17, 15) is 14.0 Å². The van der Waals surface area contributed by atoms with Crippen molar-refractivity contribution in [2.45, 2.75) is 38.6 Å². The van der Waals surface area contributed by atoms with Gasteiger partial charge in [-0.1, -0.05) is 6.92 Å². The van der Waals surface area contributed by atoms with Crippen molar-refractivity contribution in [2.24, 2.45) is 17.8 Å². The molecule has 2 aromatic heterocycles. The summed E-state index contributed by atoms with van der Waals surface area (Å²) >= 11 is 0. The van der Waals surface area contributed by atoms with Crippen LogP contribution in [0.25, 0.3) is 33.2 Å². The Labute approximate surface area is 189 Å². The van der Waals surface area contributed by atoms with Gasteiger partial charge in [-0.2, -0.15) is 5.26 Å². The molecule has 2 atom stereocenters. The number of benzene rings is 2. The summed E-state index contributed by atoms with van der Waals surface area (Å²) in [5.41, 5.74) is 1.98. The minimum atomic E-state index is -0.652. The van der Waals surface area contributed by atoms with E-state index in [1.807, 2.05) is 6.07 Å². The molecule has 3 fully saturated rings. The fourth-order valence-electron chi connectivity index (χ4n) is 5.93. The van der Waals surface area contributed by atoms with Gasteiger partial charge in [-0.15, -0.1) is 0 Å². The number of hydrogen-bond acceptors (Lipinski definition) is 4. The monoisotopic (exact) mass is 443 g/mol. The SMILES string of the molecule is CC1C2CCC(CC2)C1Nc1nc(-c2c[nH]c3c(F)cc(F)cc23)nc2ccc(C#N)cc12. The normalized spacial score (nSPS) is 24.3. The molecule has 2 aromatic carbocycles. The molecule has 0 amide bonds. The first-order valence-electron chi connectivity index (χ1n) is 11.5. The number of fused-ring (bicyclic) bond motifs is 5. The van der Waals surface area contributed by atoms with Gasteiger partial charge in [-0.3, -0.25) is 0 Å². The van der Waals surface area contributed by atoms with E-state index in [-0.39, 0.29) is 5.52 Å². The molecule has 4 aromatic rings. The minimum Gasteiger partial charge on any atom is -0.366 e. The van der Waals surface area contributed by atoms with Crippen molar-refractivity contribution < 1.29 is 8.78 Å². The van der Waals surface area contributed by atoms with Crippen molar-refractivity contribution >= 4 is 27.6 Å². The van der Waals surface area contributed by atoms with Crippen LogP contribution in [0.2, 0.25) is 0 Å². The van der Waals surface area contributed by atoms with Gasteiger partial charge in [-0.05, 0) is 67.7 Å². The number of halogens is 2. The highest BCUT2D eigenvalue weighted by Crippen LogP contribution is 2.46. The highest BCUT2D eigenvalue weighted by atomic mass is 19.1. The Morgan fingerprint density at radius 1 is 1.03 bits per heavy atom. The van der Waals surface area contributed by atoms with Gasteiger partial charge in [0.15, 0.2) is 5.82 Å². The van der Waals surface area contributed by atoms with Crippen molar-refractivity contribution in [3.8, 4) is 17.5 Å². The van der Waals surface area contributed by atoms with E-state index in [1.165, 1.54) is 31.7 Å². The summed E-state index contributed by atoms with van der Waals surface area (Å²) in [7, 11) is 0. The van der Waals surface area contributed by atoms with Crippen LogP contribution in [0.3, 0.4) is 0 Å². The average Bonchev–Trinajstić information content (AvgIpc) is 3.25. The lowest BCUT2D eigenvalue weighted by molar-refractivity contribution is 0.0929. The summed E-state index contributed by atoms with van der Waals surface area (Å²) in [6, 6.07) is 9.98. The molecule has 0 spiro atoms. The van der Waals surface area contributed by atoms with Crippen LogP contribution in [-0.2, 0) is 0 Å². The van der Waals surface area contributed by atoms with Gasteiger partial charge < -0.3 is 10.3 Å². The zero-order chi connectivity index (χ0) is 22.7. The number of anilines is 1. The molecule has 2 N–H and O–H groups in total. The molecule has 2 bridgehead atoms. The third-order valence-corrected chi connectivity index (χ3v) is 7.71. The number of aromatic nitrogens is 3. The first-order chi connectivity index (χ1) is 16.0. The molecule has 0 radical (unpaired) electrons. The standard InChI is InChI=1S/C26H23F2N5/c1-13-15-3-5-16(6-4-15)23(13)32-25-19-8-14(11-29)2-7-22(19)31-26(33-25)20-12-30-24-18(20)9-17(27)10-21(24)28/h2,7-10,12-13,15-16,23,30H,3-6H2,1H3,(H,31,32,33). The van der Waals surface area contributed by atoms with Gasteiger partial charge >= 0.3 is 0 Å². The Morgan fingerprint density at radius 3 is 2.58 bits per heavy atom. The maximum absolute atomic E-state index is 14.3. The lowest BCUT2D eigenvalue weighted by Crippen LogP contribution is -2.47. The van der Waals surface area contributed by atoms with Crippen LogP contribution >= 0.6 is 0 Å². The van der Waals surface area contributed by atoms with Crippen LogP contribution in [0, 0.1) is 40.7 Å². The third kappa shape index (κ3) is 3.24. The molecule has 0 aliphatic heterocycles. The van der Waals surface area contributed by atoms with Gasteiger partial charge in [0, 0.05) is 34.6 Å². The molecule has 3 aliphatic rings. The maximum atomic E-state index is 14.3. The lowest BCUT2D eigenvalue weighted by atomic mass is 9.62. The summed E-state index contributed by atoms with van der Waals surface area (Å²) in [6.45, 7) is 2.31. The average molecular weight is 444 g/mol. The van der Waals surface area contributed by atoms with Crippen LogP contribution < -0.4 is 5.32 Å². The number of hydrogen-bond donors (Lipinski definition) is 2. The van der Waals surface area contributed by atoms with Gasteiger partial charge in [-0.25, -0.2) is 18.7 Å². The lowest BCUT2D eigenvalue weighted by Gasteiger charge is -2.47. The van der Waals surface area contributed by atoms with Crippen LogP contribution in [0.5, 0.6) is 0 Å². The molecule has 2 unspecified atom stereocenters. The zero-order valence-electron chi connectivity index (χ0n) is 18.2. The molecular weight excluding hydrogens is 420 g/mol. The summed E-state index contributed by atoms with van der Waals surface area (Å²) in [6.07, 6.45) is 6.61. The predicted molar refractivity (Wildman–Crippen MR) is 123 cm³/mol. The minimum absolute atomic E-state index is 0.225. The highest BCUT2D eigenvalue weighted by molar-refractivity contribution is 5.97. The van der Waals surface area contributed by atoms with Gasteiger partial charge in [0.1, 0.15) is 17.5 Å². The third-order valence-electron chi connectivity index (χ3n) is 7.71. The number of nitriles is 1. The molecule has 33 heavy (non-hydrogen) atoms. The second-order valence-corrected chi connectivity index (χ2v) is 9.46. The Bertz CT molecular complexity index is 1430. The zero-order valence-corrected chi connectivity index (χ0v) is 18.2. The highest BCUT2D eigenvalue weighted by Gasteiger charge is 2.41. The molecule has 0 saturated heterocycles. The van der Waals surface area contributed by atoms with E-state index in [4.69, 9.17) is 9.97 Å². The van der Waals surface area contributed by atoms with Crippen molar-refractivity contribution in [3.05, 3.63) is 53.7 Å². The number of aromatic amines is 1. The molecule has 3 saturated carbocycles. The summed E-state index contributed by atoms with van der Waals surface area (Å²) in [5, 5.41) is 14.3. The topological polar surface area (TPSA) is 77.4 Å². The summed E-state index contributed by atoms with van der Waals surface area (Å²) < 4.78 is 28.3. The molecule has 5 nitrogen and oxygen atoms in total. The number of nitrogens with zero attached hydrogens (tertiary/aromatic N) is 3. The van der Waals surface area contributed by atoms with Crippen LogP contribution in [-0.4, -0.2) is 21.0 Å². The van der Waals surface area contributed by atoms with Crippen molar-refractivity contribution in [1.82, 2.24) is 15.0 Å². The number of nitrogens with one attached hydrogen (secondary N) is 2. The quantitative estimate of drug-likeness (QED) is 0.397. The van der Waals surface area contributed by atoms with Gasteiger partial charge in [0.25, 0.3) is 0 Å². The maximum Gasteiger partial charge on any atom is 0.164 e. The number of rotatable bonds is 3. The van der Waals surface area contributed by atoms with Crippen molar-refractivity contribution in [3.63, 3.8) is 0 Å². The first-order valence-corrected chi connectivity index (χ1v) is 11.5. The predicted octanol–water partition coefficient (Wildman–Crippen LogP) is 6.16. The second kappa shape index (κ2) is 7.51. The smallest absolute Gasteiger partial charge is 0.164 e. The van der Waals surface area contributed by atoms with E-state index in [0.717, 1.165) is 11.5 Å². The first kappa shape index (κ1) is 20.1. The van der Waals surface area contributed by atoms with Crippen LogP contribution in [0.4, 0.5) is 14.6 Å². The Balaban J connectivity index is 1.52. The van der Waals surface area contributed by atoms with Gasteiger partial charge in [0.05, 0.1) is 22.7 Å². The fraction of sp³-hybridized carbons (Fsp3) is 0.346. The Hall–Kier alpha value is -3.53. The van der Waals surface area contributed by atoms with Crippen LogP contribution in [0.1, 0.15) is 38.2 Å². The van der Waals surface area contributed by atoms with E-state index in [1.54, 1.807) is 18.3 Å². The van der Waals surface area contributed by atoms with Crippen molar-refractivity contribution in [1.29, 1.82) is 5.26 Å². The fourth-order valence-corrected chi connectivity index (χ4v) is 5.93.